The molecule has 190 valence electrons. The molecule has 3 amide bonds. The lowest BCUT2D eigenvalue weighted by Gasteiger charge is -2.27. The molecule has 0 saturated heterocycles. The minimum absolute atomic E-state index is 0.199. The molecule has 0 saturated carbocycles. The van der Waals surface area contributed by atoms with Crippen molar-refractivity contribution in [3.8, 4) is 0 Å². The summed E-state index contributed by atoms with van der Waals surface area (Å²) < 4.78 is 0. The third-order valence-electron chi connectivity index (χ3n) is 4.78. The Morgan fingerprint density at radius 3 is 1.97 bits per heavy atom. The van der Waals surface area contributed by atoms with Crippen LogP contribution in [0.2, 0.25) is 0 Å². The molecule has 0 spiro atoms. The normalized spacial score (nSPS) is 14.6. The average molecular weight is 492 g/mol. The maximum absolute atomic E-state index is 12.9. The summed E-state index contributed by atoms with van der Waals surface area (Å²) in [5.41, 5.74) is 11.0. The Hall–Kier alpha value is -2.38. The molecule has 0 fully saturated rings. The van der Waals surface area contributed by atoms with Gasteiger partial charge in [0.1, 0.15) is 18.1 Å². The summed E-state index contributed by atoms with van der Waals surface area (Å²) in [5.74, 6) is -4.41. The number of unbranched alkanes of at least 4 members (excludes halogenated alkanes) is 1. The van der Waals surface area contributed by atoms with Crippen molar-refractivity contribution in [1.82, 2.24) is 16.0 Å². The van der Waals surface area contributed by atoms with Gasteiger partial charge in [-0.2, -0.15) is 11.8 Å². The molecule has 9 N–H and O–H groups in total. The number of nitrogens with one attached hydrogen (secondary N) is 3. The number of nitrogens with two attached hydrogens (primary N) is 2. The van der Waals surface area contributed by atoms with E-state index >= 15 is 0 Å². The molecule has 13 heteroatoms. The van der Waals surface area contributed by atoms with Gasteiger partial charge in [0.05, 0.1) is 12.5 Å². The van der Waals surface area contributed by atoms with E-state index in [1.807, 2.05) is 6.26 Å². The van der Waals surface area contributed by atoms with Gasteiger partial charge in [-0.15, -0.1) is 0 Å². The lowest BCUT2D eigenvalue weighted by atomic mass is 10.0. The molecule has 0 radical (unpaired) electrons. The molecule has 0 rings (SSSR count). The number of hydrogen-bond acceptors (Lipinski definition) is 8. The van der Waals surface area contributed by atoms with Crippen molar-refractivity contribution in [1.29, 1.82) is 0 Å². The van der Waals surface area contributed by atoms with E-state index in [1.54, 1.807) is 13.8 Å². The lowest BCUT2D eigenvalue weighted by Crippen LogP contribution is -2.58. The van der Waals surface area contributed by atoms with Gasteiger partial charge in [-0.3, -0.25) is 19.2 Å². The standard InChI is InChI=1S/C20H37N5O7S/c1-11(2)16(19(30)24-14(20(31)32)6-4-5-8-21)25-18(29)13(7-9-33-3)23-17(28)12(22)10-15(26)27/h11-14,16H,4-10,21-22H2,1-3H3,(H,23,28)(H,24,30)(H,25,29)(H,26,27)(H,31,32). The van der Waals surface area contributed by atoms with Crippen LogP contribution in [0.3, 0.4) is 0 Å². The van der Waals surface area contributed by atoms with Crippen LogP contribution in [-0.2, 0) is 24.0 Å². The Morgan fingerprint density at radius 2 is 1.48 bits per heavy atom. The van der Waals surface area contributed by atoms with Crippen molar-refractivity contribution in [3.05, 3.63) is 0 Å². The Kier molecular flexibility index (Phi) is 15.1. The third kappa shape index (κ3) is 12.4. The van der Waals surface area contributed by atoms with E-state index in [9.17, 15) is 29.1 Å². The number of aliphatic carboxylic acids is 2. The van der Waals surface area contributed by atoms with Gasteiger partial charge in [0, 0.05) is 0 Å². The van der Waals surface area contributed by atoms with Gasteiger partial charge in [0.15, 0.2) is 0 Å². The second kappa shape index (κ2) is 16.3. The number of thioether (sulfide) groups is 1. The topological polar surface area (TPSA) is 214 Å². The van der Waals surface area contributed by atoms with Crippen molar-refractivity contribution in [2.24, 2.45) is 17.4 Å². The maximum atomic E-state index is 12.9. The summed E-state index contributed by atoms with van der Waals surface area (Å²) in [4.78, 5) is 60.1. The number of carboxylic acids is 2. The van der Waals surface area contributed by atoms with E-state index in [4.69, 9.17) is 16.6 Å². The fourth-order valence-corrected chi connectivity index (χ4v) is 3.34. The Morgan fingerprint density at radius 1 is 0.879 bits per heavy atom. The molecule has 0 aromatic carbocycles. The van der Waals surface area contributed by atoms with Crippen LogP contribution >= 0.6 is 11.8 Å². The molecule has 33 heavy (non-hydrogen) atoms. The fourth-order valence-electron chi connectivity index (χ4n) is 2.86. The second-order valence-corrected chi connectivity index (χ2v) is 8.95. The molecule has 0 aliphatic heterocycles. The molecule has 0 aromatic heterocycles. The van der Waals surface area contributed by atoms with Crippen molar-refractivity contribution in [2.45, 2.75) is 70.1 Å². The van der Waals surface area contributed by atoms with Crippen LogP contribution in [0.4, 0.5) is 0 Å². The zero-order valence-electron chi connectivity index (χ0n) is 19.3. The Labute approximate surface area is 198 Å². The Balaban J connectivity index is 5.33. The highest BCUT2D eigenvalue weighted by Gasteiger charge is 2.31. The summed E-state index contributed by atoms with van der Waals surface area (Å²) in [6, 6.07) is -4.54. The van der Waals surface area contributed by atoms with Crippen LogP contribution in [0.15, 0.2) is 0 Å². The second-order valence-electron chi connectivity index (χ2n) is 7.96. The Bertz CT molecular complexity index is 677. The first-order valence-corrected chi connectivity index (χ1v) is 12.1. The van der Waals surface area contributed by atoms with Gasteiger partial charge in [-0.05, 0) is 50.2 Å². The minimum atomic E-state index is -1.33. The zero-order chi connectivity index (χ0) is 25.6. The molecule has 12 nitrogen and oxygen atoms in total. The zero-order valence-corrected chi connectivity index (χ0v) is 20.2. The maximum Gasteiger partial charge on any atom is 0.326 e. The number of carboxylic acid groups (broad SMARTS) is 2. The quantitative estimate of drug-likeness (QED) is 0.121. The highest BCUT2D eigenvalue weighted by molar-refractivity contribution is 7.98. The van der Waals surface area contributed by atoms with Crippen LogP contribution in [0, 0.1) is 5.92 Å². The number of carbonyl (C=O) groups excluding carboxylic acids is 3. The van der Waals surface area contributed by atoms with E-state index in [2.05, 4.69) is 16.0 Å². The number of hydrogen-bond donors (Lipinski definition) is 7. The van der Waals surface area contributed by atoms with Crippen LogP contribution < -0.4 is 27.4 Å². The molecule has 0 aliphatic carbocycles. The van der Waals surface area contributed by atoms with E-state index < -0.39 is 60.2 Å². The summed E-state index contributed by atoms with van der Waals surface area (Å²) in [7, 11) is 0. The fraction of sp³-hybridized carbons (Fsp3) is 0.750. The molecule has 0 bridgehead atoms. The molecule has 4 atom stereocenters. The summed E-state index contributed by atoms with van der Waals surface area (Å²) >= 11 is 1.44. The SMILES string of the molecule is CSCCC(NC(=O)C(N)CC(=O)O)C(=O)NC(C(=O)NC(CCCCN)C(=O)O)C(C)C. The summed E-state index contributed by atoms with van der Waals surface area (Å²) in [5, 5.41) is 25.7. The van der Waals surface area contributed by atoms with E-state index in [0.717, 1.165) is 0 Å². The van der Waals surface area contributed by atoms with Gasteiger partial charge in [-0.25, -0.2) is 4.79 Å². The predicted octanol–water partition coefficient (Wildman–Crippen LogP) is -1.13. The first-order valence-electron chi connectivity index (χ1n) is 10.7. The minimum Gasteiger partial charge on any atom is -0.481 e. The molecule has 0 aromatic rings. The number of amides is 3. The molecule has 0 aliphatic rings. The molecule has 0 heterocycles. The van der Waals surface area contributed by atoms with E-state index in [-0.39, 0.29) is 18.8 Å². The van der Waals surface area contributed by atoms with Crippen molar-refractivity contribution < 1.29 is 34.2 Å². The van der Waals surface area contributed by atoms with E-state index in [0.29, 0.717) is 25.1 Å². The summed E-state index contributed by atoms with van der Waals surface area (Å²) in [6.45, 7) is 3.78. The first-order chi connectivity index (χ1) is 15.4. The number of rotatable bonds is 17. The first kappa shape index (κ1) is 30.6. The predicted molar refractivity (Wildman–Crippen MR) is 124 cm³/mol. The van der Waals surface area contributed by atoms with E-state index in [1.165, 1.54) is 11.8 Å². The van der Waals surface area contributed by atoms with Gasteiger partial charge in [0.2, 0.25) is 17.7 Å². The molecular weight excluding hydrogens is 454 g/mol. The monoisotopic (exact) mass is 491 g/mol. The van der Waals surface area contributed by atoms with Crippen LogP contribution in [0.25, 0.3) is 0 Å². The van der Waals surface area contributed by atoms with Gasteiger partial charge >= 0.3 is 11.9 Å². The smallest absolute Gasteiger partial charge is 0.326 e. The van der Waals surface area contributed by atoms with Gasteiger partial charge in [0.25, 0.3) is 0 Å². The molecular formula is C20H37N5O7S. The molecule has 4 unspecified atom stereocenters. The van der Waals surface area contributed by atoms with Crippen LogP contribution in [-0.4, -0.2) is 82.6 Å². The average Bonchev–Trinajstić information content (AvgIpc) is 2.72. The largest absolute Gasteiger partial charge is 0.481 e. The lowest BCUT2D eigenvalue weighted by molar-refractivity contribution is -0.142. The highest BCUT2D eigenvalue weighted by Crippen LogP contribution is 2.08. The van der Waals surface area contributed by atoms with Crippen molar-refractivity contribution in [2.75, 3.05) is 18.6 Å². The van der Waals surface area contributed by atoms with Crippen LogP contribution in [0.5, 0.6) is 0 Å². The van der Waals surface area contributed by atoms with Crippen molar-refractivity contribution in [3.63, 3.8) is 0 Å². The van der Waals surface area contributed by atoms with Crippen molar-refractivity contribution >= 4 is 41.4 Å². The van der Waals surface area contributed by atoms with Crippen LogP contribution in [0.1, 0.15) is 46.0 Å². The number of carbonyl (C=O) groups is 5. The summed E-state index contributed by atoms with van der Waals surface area (Å²) in [6.07, 6.45) is 2.78. The van der Waals surface area contributed by atoms with Gasteiger partial charge < -0.3 is 37.6 Å². The van der Waals surface area contributed by atoms with Gasteiger partial charge in [-0.1, -0.05) is 13.8 Å². The third-order valence-corrected chi connectivity index (χ3v) is 5.43. The highest BCUT2D eigenvalue weighted by atomic mass is 32.2.